The lowest BCUT2D eigenvalue weighted by Gasteiger charge is -2.31. The third-order valence-electron chi connectivity index (χ3n) is 5.50. The van der Waals surface area contributed by atoms with Crippen LogP contribution in [0.25, 0.3) is 0 Å². The minimum absolute atomic E-state index is 0.518. The molecule has 0 aliphatic heterocycles. The monoisotopic (exact) mass is 493 g/mol. The number of ether oxygens (including phenoxy) is 1. The van der Waals surface area contributed by atoms with Crippen molar-refractivity contribution in [1.82, 2.24) is 10.2 Å². The van der Waals surface area contributed by atoms with Crippen molar-refractivity contribution in [3.63, 3.8) is 0 Å². The number of amides is 3. The Kier molecular flexibility index (Phi) is 9.26. The first-order chi connectivity index (χ1) is 16.8. The first-order valence-electron chi connectivity index (χ1n) is 11.6. The van der Waals surface area contributed by atoms with Gasteiger partial charge in [-0.3, -0.25) is 14.5 Å². The molecular formula is C28H35N3O5. The minimum Gasteiger partial charge on any atom is -0.444 e. The molecule has 0 spiro atoms. The van der Waals surface area contributed by atoms with Crippen LogP contribution in [0.1, 0.15) is 54.6 Å². The number of aliphatic hydroxyl groups is 1. The van der Waals surface area contributed by atoms with Gasteiger partial charge in [0.05, 0.1) is 6.61 Å². The molecule has 3 N–H and O–H groups in total. The van der Waals surface area contributed by atoms with E-state index in [0.717, 1.165) is 27.2 Å². The lowest BCUT2D eigenvalue weighted by Crippen LogP contribution is -2.52. The van der Waals surface area contributed by atoms with Gasteiger partial charge in [-0.1, -0.05) is 48.4 Å². The van der Waals surface area contributed by atoms with Crippen molar-refractivity contribution >= 4 is 23.6 Å². The van der Waals surface area contributed by atoms with Crippen molar-refractivity contribution in [2.45, 2.75) is 66.2 Å². The second-order valence-electron chi connectivity index (χ2n) is 9.74. The third kappa shape index (κ3) is 7.09. The summed E-state index contributed by atoms with van der Waals surface area (Å²) in [6.45, 7) is 11.7. The molecule has 8 nitrogen and oxygen atoms in total. The van der Waals surface area contributed by atoms with Crippen molar-refractivity contribution in [2.24, 2.45) is 0 Å². The molecule has 2 atom stereocenters. The number of anilines is 1. The number of hydrogen-bond acceptors (Lipinski definition) is 5. The number of hydrogen-bond donors (Lipinski definition) is 3. The molecule has 0 aliphatic rings. The summed E-state index contributed by atoms with van der Waals surface area (Å²) < 4.78 is 5.20. The van der Waals surface area contributed by atoms with E-state index in [0.29, 0.717) is 11.3 Å². The Morgan fingerprint density at radius 2 is 1.67 bits per heavy atom. The van der Waals surface area contributed by atoms with Crippen molar-refractivity contribution in [1.29, 1.82) is 0 Å². The van der Waals surface area contributed by atoms with Crippen LogP contribution < -0.4 is 10.6 Å². The minimum atomic E-state index is -1.42. The van der Waals surface area contributed by atoms with E-state index in [1.54, 1.807) is 26.8 Å². The fraction of sp³-hybridized carbons (Fsp3) is 0.393. The Hall–Kier alpha value is -3.83. The Morgan fingerprint density at radius 1 is 1.06 bits per heavy atom. The highest BCUT2D eigenvalue weighted by molar-refractivity contribution is 6.00. The van der Waals surface area contributed by atoms with Crippen molar-refractivity contribution in [3.8, 4) is 12.5 Å². The molecule has 36 heavy (non-hydrogen) atoms. The molecular weight excluding hydrogens is 458 g/mol. The van der Waals surface area contributed by atoms with Gasteiger partial charge in [0, 0.05) is 11.7 Å². The summed E-state index contributed by atoms with van der Waals surface area (Å²) in [5.41, 5.74) is 3.75. The Bertz CT molecular complexity index is 1160. The molecule has 2 aromatic carbocycles. The number of aliphatic hydroxyl groups excluding tert-OH is 1. The number of nitrogens with one attached hydrogen (secondary N) is 2. The van der Waals surface area contributed by atoms with Crippen LogP contribution in [-0.4, -0.2) is 46.2 Å². The summed E-state index contributed by atoms with van der Waals surface area (Å²) in [4.78, 5) is 40.3. The summed E-state index contributed by atoms with van der Waals surface area (Å²) in [6, 6.07) is 10.7. The van der Waals surface area contributed by atoms with E-state index < -0.39 is 42.2 Å². The summed E-state index contributed by atoms with van der Waals surface area (Å²) >= 11 is 0. The van der Waals surface area contributed by atoms with E-state index in [1.807, 2.05) is 58.0 Å². The van der Waals surface area contributed by atoms with Gasteiger partial charge in [-0.25, -0.2) is 4.79 Å². The quantitative estimate of drug-likeness (QED) is 0.400. The second kappa shape index (κ2) is 11.7. The molecule has 0 fully saturated rings. The lowest BCUT2D eigenvalue weighted by atomic mass is 9.96. The first-order valence-corrected chi connectivity index (χ1v) is 11.6. The number of nitrogens with zero attached hydrogens (tertiary/aromatic N) is 1. The van der Waals surface area contributed by atoms with E-state index >= 15 is 0 Å². The molecule has 0 saturated heterocycles. The lowest BCUT2D eigenvalue weighted by molar-refractivity contribution is -0.137. The predicted molar refractivity (Wildman–Crippen MR) is 139 cm³/mol. The topological polar surface area (TPSA) is 108 Å². The van der Waals surface area contributed by atoms with E-state index in [2.05, 4.69) is 16.7 Å². The zero-order valence-corrected chi connectivity index (χ0v) is 21.9. The highest BCUT2D eigenvalue weighted by atomic mass is 16.6. The summed E-state index contributed by atoms with van der Waals surface area (Å²) in [6.07, 6.45) is 4.86. The number of para-hydroxylation sites is 1. The number of carbonyl (C=O) groups is 3. The van der Waals surface area contributed by atoms with Crippen molar-refractivity contribution in [2.75, 3.05) is 11.9 Å². The molecule has 0 radical (unpaired) electrons. The first kappa shape index (κ1) is 28.4. The van der Waals surface area contributed by atoms with Gasteiger partial charge in [-0.15, -0.1) is 0 Å². The van der Waals surface area contributed by atoms with Gasteiger partial charge >= 0.3 is 6.09 Å². The van der Waals surface area contributed by atoms with Crippen molar-refractivity contribution in [3.05, 3.63) is 64.2 Å². The smallest absolute Gasteiger partial charge is 0.408 e. The Balaban J connectivity index is 2.50. The zero-order chi connectivity index (χ0) is 27.2. The molecule has 8 heteroatoms. The average Bonchev–Trinajstić information content (AvgIpc) is 2.77. The van der Waals surface area contributed by atoms with Crippen LogP contribution in [-0.2, 0) is 14.3 Å². The fourth-order valence-electron chi connectivity index (χ4n) is 3.80. The largest absolute Gasteiger partial charge is 0.444 e. The van der Waals surface area contributed by atoms with Gasteiger partial charge in [0.1, 0.15) is 17.7 Å². The predicted octanol–water partition coefficient (Wildman–Crippen LogP) is 3.90. The maximum atomic E-state index is 13.7. The van der Waals surface area contributed by atoms with Gasteiger partial charge in [0.2, 0.25) is 0 Å². The molecule has 0 saturated carbocycles. The SMILES string of the molecule is C#CN(C(=O)C(CO)NC(=O)OC(C)(C)C)C(C(=O)Nc1c(C)cccc1C)c1ccc(C)cc1C. The van der Waals surface area contributed by atoms with Gasteiger partial charge < -0.3 is 20.5 Å². The normalized spacial score (nSPS) is 12.6. The van der Waals surface area contributed by atoms with Crippen LogP contribution in [0, 0.1) is 40.2 Å². The zero-order valence-electron chi connectivity index (χ0n) is 21.9. The van der Waals surface area contributed by atoms with Crippen LogP contribution in [0.15, 0.2) is 36.4 Å². The van der Waals surface area contributed by atoms with Gasteiger partial charge in [0.25, 0.3) is 11.8 Å². The number of rotatable bonds is 7. The molecule has 2 unspecified atom stereocenters. The van der Waals surface area contributed by atoms with Crippen LogP contribution in [0.3, 0.4) is 0 Å². The van der Waals surface area contributed by atoms with Gasteiger partial charge in [0.15, 0.2) is 0 Å². The van der Waals surface area contributed by atoms with E-state index in [9.17, 15) is 19.5 Å². The third-order valence-corrected chi connectivity index (χ3v) is 5.50. The fourth-order valence-corrected chi connectivity index (χ4v) is 3.80. The summed E-state index contributed by atoms with van der Waals surface area (Å²) in [5, 5.41) is 15.2. The number of aryl methyl sites for hydroxylation is 4. The molecule has 0 bridgehead atoms. The summed E-state index contributed by atoms with van der Waals surface area (Å²) in [5.74, 6) is -1.35. The number of benzene rings is 2. The maximum absolute atomic E-state index is 13.7. The van der Waals surface area contributed by atoms with E-state index in [-0.39, 0.29) is 0 Å². The van der Waals surface area contributed by atoms with E-state index in [1.165, 1.54) is 0 Å². The molecule has 0 heterocycles. The molecule has 3 amide bonds. The molecule has 2 aromatic rings. The number of terminal acetylenes is 1. The van der Waals surface area contributed by atoms with Gasteiger partial charge in [-0.05, 0) is 70.7 Å². The highest BCUT2D eigenvalue weighted by Gasteiger charge is 2.36. The average molecular weight is 494 g/mol. The number of carbonyl (C=O) groups excluding carboxylic acids is 3. The summed E-state index contributed by atoms with van der Waals surface area (Å²) in [7, 11) is 0. The van der Waals surface area contributed by atoms with Gasteiger partial charge in [-0.2, -0.15) is 0 Å². The van der Waals surface area contributed by atoms with Crippen LogP contribution in [0.2, 0.25) is 0 Å². The van der Waals surface area contributed by atoms with Crippen LogP contribution in [0.5, 0.6) is 0 Å². The molecule has 2 rings (SSSR count). The maximum Gasteiger partial charge on any atom is 0.408 e. The van der Waals surface area contributed by atoms with E-state index in [4.69, 9.17) is 11.2 Å². The standard InChI is InChI=1S/C28H35N3O5/c1-9-31(26(34)22(16-32)29-27(35)36-28(6,7)8)24(21-14-13-17(2)15-20(21)5)25(33)30-23-18(3)11-10-12-19(23)4/h1,10-15,22,24,32H,16H2,2-8H3,(H,29,35)(H,30,33). The van der Waals surface area contributed by atoms with Crippen LogP contribution >= 0.6 is 0 Å². The van der Waals surface area contributed by atoms with Crippen molar-refractivity contribution < 1.29 is 24.2 Å². The molecule has 0 aliphatic carbocycles. The van der Waals surface area contributed by atoms with Crippen LogP contribution in [0.4, 0.5) is 10.5 Å². The molecule has 0 aromatic heterocycles. The Morgan fingerprint density at radius 3 is 2.17 bits per heavy atom. The Labute approximate surface area is 213 Å². The highest BCUT2D eigenvalue weighted by Crippen LogP contribution is 2.29. The number of alkyl carbamates (subject to hydrolysis) is 1. The second-order valence-corrected chi connectivity index (χ2v) is 9.74. The molecule has 192 valence electrons.